The van der Waals surface area contributed by atoms with Gasteiger partial charge in [-0.2, -0.15) is 13.2 Å². The predicted molar refractivity (Wildman–Crippen MR) is 82.9 cm³/mol. The number of fused-ring (bicyclic) bond motifs is 1. The Bertz CT molecular complexity index is 793. The second kappa shape index (κ2) is 7.45. The Balaban J connectivity index is 2.35. The zero-order valence-electron chi connectivity index (χ0n) is 13.2. The van der Waals surface area contributed by atoms with E-state index in [1.165, 1.54) is 12.1 Å². The largest absolute Gasteiger partial charge is 0.468 e. The highest BCUT2D eigenvalue weighted by atomic mass is 19.4. The van der Waals surface area contributed by atoms with Gasteiger partial charge in [0.05, 0.1) is 22.6 Å². The normalized spacial score (nSPS) is 12.8. The van der Waals surface area contributed by atoms with Crippen molar-refractivity contribution < 1.29 is 27.6 Å². The molecular formula is C16H15F3N2O4. The van der Waals surface area contributed by atoms with E-state index in [0.29, 0.717) is 31.1 Å². The van der Waals surface area contributed by atoms with Gasteiger partial charge in [0, 0.05) is 23.2 Å². The third kappa shape index (κ3) is 4.65. The highest BCUT2D eigenvalue weighted by Crippen LogP contribution is 2.37. The Kier molecular flexibility index (Phi) is 5.55. The molecule has 0 N–H and O–H groups in total. The number of nitrogens with zero attached hydrogens (tertiary/aromatic N) is 2. The van der Waals surface area contributed by atoms with Gasteiger partial charge in [0.1, 0.15) is 0 Å². The zero-order valence-corrected chi connectivity index (χ0v) is 13.2. The van der Waals surface area contributed by atoms with E-state index in [4.69, 9.17) is 0 Å². The Labute approximate surface area is 140 Å². The fraction of sp³-hybridized carbons (Fsp3) is 0.375. The number of aromatic nitrogens is 1. The lowest BCUT2D eigenvalue weighted by Crippen LogP contribution is -2.08. The van der Waals surface area contributed by atoms with Gasteiger partial charge in [-0.05, 0) is 24.8 Å². The van der Waals surface area contributed by atoms with Gasteiger partial charge < -0.3 is 4.74 Å². The number of ether oxygens (including phenoxy) is 1. The van der Waals surface area contributed by atoms with Crippen molar-refractivity contribution in [3.63, 3.8) is 0 Å². The molecule has 1 heterocycles. The Morgan fingerprint density at radius 2 is 2.08 bits per heavy atom. The zero-order chi connectivity index (χ0) is 18.6. The first kappa shape index (κ1) is 18.6. The molecule has 1 aromatic heterocycles. The van der Waals surface area contributed by atoms with Crippen LogP contribution in [0.15, 0.2) is 24.3 Å². The lowest BCUT2D eigenvalue weighted by molar-refractivity contribution is -0.385. The van der Waals surface area contributed by atoms with Crippen LogP contribution in [0.2, 0.25) is 0 Å². The Morgan fingerprint density at radius 3 is 2.68 bits per heavy atom. The average Bonchev–Trinajstić information content (AvgIpc) is 2.55. The average molecular weight is 356 g/mol. The van der Waals surface area contributed by atoms with Gasteiger partial charge in [0.15, 0.2) is 0 Å². The van der Waals surface area contributed by atoms with Crippen LogP contribution in [-0.4, -0.2) is 23.0 Å². The standard InChI is InChI=1S/C16H15F3N2O4/c1-10(8-25-9-22)2-3-11-4-5-13-14(16(17,18)19)6-12(21(23)24)7-15(13)20-11/h4-7,9-10H,2-3,8H2,1H3. The van der Waals surface area contributed by atoms with Crippen LogP contribution in [0.4, 0.5) is 18.9 Å². The summed E-state index contributed by atoms with van der Waals surface area (Å²) in [7, 11) is 0. The molecule has 0 fully saturated rings. The summed E-state index contributed by atoms with van der Waals surface area (Å²) < 4.78 is 44.1. The van der Waals surface area contributed by atoms with E-state index >= 15 is 0 Å². The SMILES string of the molecule is CC(CCc1ccc2c(C(F)(F)F)cc([N+](=O)[O-])cc2n1)COC=O. The third-order valence-corrected chi connectivity index (χ3v) is 3.71. The molecule has 0 radical (unpaired) electrons. The van der Waals surface area contributed by atoms with Gasteiger partial charge in [-0.25, -0.2) is 0 Å². The highest BCUT2D eigenvalue weighted by molar-refractivity contribution is 5.85. The summed E-state index contributed by atoms with van der Waals surface area (Å²) in [6.45, 7) is 2.44. The molecule has 0 spiro atoms. The van der Waals surface area contributed by atoms with Gasteiger partial charge in [-0.15, -0.1) is 0 Å². The van der Waals surface area contributed by atoms with Gasteiger partial charge in [0.25, 0.3) is 12.2 Å². The monoisotopic (exact) mass is 356 g/mol. The van der Waals surface area contributed by atoms with Crippen molar-refractivity contribution in [1.29, 1.82) is 0 Å². The highest BCUT2D eigenvalue weighted by Gasteiger charge is 2.34. The summed E-state index contributed by atoms with van der Waals surface area (Å²) >= 11 is 0. The van der Waals surface area contributed by atoms with Gasteiger partial charge in [-0.3, -0.25) is 19.9 Å². The van der Waals surface area contributed by atoms with Crippen LogP contribution in [0.3, 0.4) is 0 Å². The predicted octanol–water partition coefficient (Wildman–Crippen LogP) is 3.90. The molecule has 0 aliphatic carbocycles. The number of carbonyl (C=O) groups excluding carboxylic acids is 1. The number of alkyl halides is 3. The Morgan fingerprint density at radius 1 is 1.36 bits per heavy atom. The molecule has 6 nitrogen and oxygen atoms in total. The maximum absolute atomic E-state index is 13.1. The molecule has 1 unspecified atom stereocenters. The second-order valence-electron chi connectivity index (χ2n) is 5.69. The van der Waals surface area contributed by atoms with Crippen molar-refractivity contribution in [2.45, 2.75) is 25.9 Å². The molecular weight excluding hydrogens is 341 g/mol. The van der Waals surface area contributed by atoms with Crippen LogP contribution < -0.4 is 0 Å². The molecule has 2 aromatic rings. The molecule has 1 atom stereocenters. The van der Waals surface area contributed by atoms with E-state index in [9.17, 15) is 28.1 Å². The smallest absolute Gasteiger partial charge is 0.417 e. The van der Waals surface area contributed by atoms with E-state index in [-0.39, 0.29) is 23.4 Å². The van der Waals surface area contributed by atoms with E-state index in [2.05, 4.69) is 9.72 Å². The van der Waals surface area contributed by atoms with Gasteiger partial charge in [0.2, 0.25) is 0 Å². The number of pyridine rings is 1. The minimum atomic E-state index is -4.71. The molecule has 0 saturated carbocycles. The number of hydrogen-bond donors (Lipinski definition) is 0. The summed E-state index contributed by atoms with van der Waals surface area (Å²) in [6, 6.07) is 4.29. The van der Waals surface area contributed by atoms with E-state index in [0.717, 1.165) is 6.07 Å². The number of nitro benzene ring substituents is 1. The van der Waals surface area contributed by atoms with Crippen LogP contribution in [0, 0.1) is 16.0 Å². The first-order valence-electron chi connectivity index (χ1n) is 7.43. The molecule has 0 amide bonds. The number of non-ortho nitro benzene ring substituents is 1. The minimum Gasteiger partial charge on any atom is -0.468 e. The van der Waals surface area contributed by atoms with Crippen LogP contribution in [-0.2, 0) is 22.1 Å². The molecule has 1 aromatic carbocycles. The lowest BCUT2D eigenvalue weighted by atomic mass is 10.0. The van der Waals surface area contributed by atoms with Crippen molar-refractivity contribution in [2.75, 3.05) is 6.61 Å². The number of aryl methyl sites for hydroxylation is 1. The number of rotatable bonds is 7. The molecule has 9 heteroatoms. The van der Waals surface area contributed by atoms with Crippen LogP contribution in [0.25, 0.3) is 10.9 Å². The maximum atomic E-state index is 13.1. The van der Waals surface area contributed by atoms with Crippen molar-refractivity contribution >= 4 is 23.1 Å². The van der Waals surface area contributed by atoms with Crippen molar-refractivity contribution in [2.24, 2.45) is 5.92 Å². The molecule has 134 valence electrons. The number of nitro groups is 1. The lowest BCUT2D eigenvalue weighted by Gasteiger charge is -2.12. The topological polar surface area (TPSA) is 82.3 Å². The summed E-state index contributed by atoms with van der Waals surface area (Å²) in [6.07, 6.45) is -3.66. The van der Waals surface area contributed by atoms with E-state index < -0.39 is 22.4 Å². The van der Waals surface area contributed by atoms with Gasteiger partial charge in [-0.1, -0.05) is 13.0 Å². The number of hydrogen-bond acceptors (Lipinski definition) is 5. The molecule has 0 bridgehead atoms. The minimum absolute atomic E-state index is 0.0542. The quantitative estimate of drug-likeness (QED) is 0.427. The summed E-state index contributed by atoms with van der Waals surface area (Å²) in [4.78, 5) is 24.3. The van der Waals surface area contributed by atoms with Crippen LogP contribution in [0.5, 0.6) is 0 Å². The van der Waals surface area contributed by atoms with Crippen molar-refractivity contribution in [1.82, 2.24) is 4.98 Å². The summed E-state index contributed by atoms with van der Waals surface area (Å²) in [5.74, 6) is 0.0542. The second-order valence-corrected chi connectivity index (χ2v) is 5.69. The third-order valence-electron chi connectivity index (χ3n) is 3.71. The van der Waals surface area contributed by atoms with Crippen molar-refractivity contribution in [3.05, 3.63) is 45.6 Å². The molecule has 0 saturated heterocycles. The number of carbonyl (C=O) groups is 1. The van der Waals surface area contributed by atoms with Crippen LogP contribution >= 0.6 is 0 Å². The van der Waals surface area contributed by atoms with Crippen LogP contribution in [0.1, 0.15) is 24.6 Å². The molecule has 0 aliphatic heterocycles. The molecule has 0 aliphatic rings. The fourth-order valence-electron chi connectivity index (χ4n) is 2.42. The maximum Gasteiger partial charge on any atom is 0.417 e. The summed E-state index contributed by atoms with van der Waals surface area (Å²) in [5, 5.41) is 10.7. The first-order valence-corrected chi connectivity index (χ1v) is 7.43. The number of halogens is 3. The summed E-state index contributed by atoms with van der Waals surface area (Å²) in [5.41, 5.74) is -1.30. The van der Waals surface area contributed by atoms with E-state index in [1.807, 2.05) is 6.92 Å². The Hall–Kier alpha value is -2.71. The number of benzene rings is 1. The van der Waals surface area contributed by atoms with E-state index in [1.54, 1.807) is 0 Å². The van der Waals surface area contributed by atoms with Crippen molar-refractivity contribution in [3.8, 4) is 0 Å². The van der Waals surface area contributed by atoms with Gasteiger partial charge >= 0.3 is 6.18 Å². The fourth-order valence-corrected chi connectivity index (χ4v) is 2.42. The molecule has 25 heavy (non-hydrogen) atoms. The molecule has 2 rings (SSSR count). The first-order chi connectivity index (χ1) is 11.7.